The largest absolute Gasteiger partial charge is 0.480 e. The Kier molecular flexibility index (Phi) is 6.16. The molecule has 1 aliphatic carbocycles. The van der Waals surface area contributed by atoms with Crippen molar-refractivity contribution in [1.82, 2.24) is 10.6 Å². The van der Waals surface area contributed by atoms with Crippen LogP contribution < -0.4 is 10.6 Å². The number of alkyl carbamates (subject to hydrolysis) is 1. The number of benzene rings is 2. The number of amides is 2. The quantitative estimate of drug-likeness (QED) is 0.667. The topological polar surface area (TPSA) is 105 Å². The van der Waals surface area contributed by atoms with Crippen LogP contribution in [0.4, 0.5) is 4.79 Å². The van der Waals surface area contributed by atoms with Crippen LogP contribution in [-0.2, 0) is 14.3 Å². The van der Waals surface area contributed by atoms with E-state index in [2.05, 4.69) is 10.6 Å². The summed E-state index contributed by atoms with van der Waals surface area (Å²) in [6.45, 7) is 3.27. The molecule has 0 aromatic heterocycles. The summed E-state index contributed by atoms with van der Waals surface area (Å²) in [6.07, 6.45) is -0.475. The summed E-state index contributed by atoms with van der Waals surface area (Å²) in [5.41, 5.74) is 4.45. The lowest BCUT2D eigenvalue weighted by Gasteiger charge is -2.19. The third-order valence-electron chi connectivity index (χ3n) is 5.09. The molecule has 1 unspecified atom stereocenters. The average molecular weight is 396 g/mol. The molecule has 1 aliphatic rings. The molecule has 0 heterocycles. The molecule has 0 aliphatic heterocycles. The first-order valence-electron chi connectivity index (χ1n) is 9.57. The summed E-state index contributed by atoms with van der Waals surface area (Å²) in [7, 11) is 0. The van der Waals surface area contributed by atoms with Crippen molar-refractivity contribution in [3.05, 3.63) is 59.7 Å². The first-order chi connectivity index (χ1) is 13.9. The van der Waals surface area contributed by atoms with Gasteiger partial charge in [-0.2, -0.15) is 0 Å². The number of fused-ring (bicyclic) bond motifs is 3. The first kappa shape index (κ1) is 20.4. The molecular formula is C22H24N2O5. The number of carbonyl (C=O) groups is 3. The van der Waals surface area contributed by atoms with Gasteiger partial charge in [0.05, 0.1) is 0 Å². The molecule has 2 aromatic carbocycles. The van der Waals surface area contributed by atoms with Crippen LogP contribution in [0.5, 0.6) is 0 Å². The van der Waals surface area contributed by atoms with E-state index >= 15 is 0 Å². The maximum atomic E-state index is 12.2. The number of carboxylic acid groups (broad SMARTS) is 1. The Bertz CT molecular complexity index is 881. The Morgan fingerprint density at radius 2 is 1.55 bits per heavy atom. The van der Waals surface area contributed by atoms with Crippen LogP contribution in [0.1, 0.15) is 37.3 Å². The number of nitrogens with one attached hydrogen (secondary N) is 2. The van der Waals surface area contributed by atoms with Crippen molar-refractivity contribution < 1.29 is 24.2 Å². The van der Waals surface area contributed by atoms with Crippen LogP contribution in [0, 0.1) is 0 Å². The Morgan fingerprint density at radius 3 is 2.07 bits per heavy atom. The molecule has 0 spiro atoms. The summed E-state index contributed by atoms with van der Waals surface area (Å²) in [4.78, 5) is 35.3. The second-order valence-corrected chi connectivity index (χ2v) is 7.00. The Balaban J connectivity index is 1.60. The maximum Gasteiger partial charge on any atom is 0.407 e. The first-order valence-corrected chi connectivity index (χ1v) is 9.57. The smallest absolute Gasteiger partial charge is 0.407 e. The van der Waals surface area contributed by atoms with Crippen LogP contribution in [-0.4, -0.2) is 41.8 Å². The van der Waals surface area contributed by atoms with Gasteiger partial charge in [0.15, 0.2) is 0 Å². The fraction of sp³-hybridized carbons (Fsp3) is 0.318. The zero-order chi connectivity index (χ0) is 21.0. The number of carboxylic acids is 1. The van der Waals surface area contributed by atoms with Crippen molar-refractivity contribution in [2.75, 3.05) is 6.61 Å². The van der Waals surface area contributed by atoms with Gasteiger partial charge < -0.3 is 20.5 Å². The van der Waals surface area contributed by atoms with Crippen molar-refractivity contribution in [3.63, 3.8) is 0 Å². The third kappa shape index (κ3) is 4.39. The van der Waals surface area contributed by atoms with Gasteiger partial charge in [-0.1, -0.05) is 55.5 Å². The summed E-state index contributed by atoms with van der Waals surface area (Å²) < 4.78 is 5.39. The van der Waals surface area contributed by atoms with E-state index in [1.165, 1.54) is 6.92 Å². The number of aliphatic carboxylic acids is 1. The monoisotopic (exact) mass is 396 g/mol. The molecule has 0 radical (unpaired) electrons. The van der Waals surface area contributed by atoms with Crippen molar-refractivity contribution in [2.45, 2.75) is 38.3 Å². The van der Waals surface area contributed by atoms with Crippen LogP contribution in [0.3, 0.4) is 0 Å². The van der Waals surface area contributed by atoms with E-state index in [0.29, 0.717) is 0 Å². The Morgan fingerprint density at radius 1 is 1.00 bits per heavy atom. The van der Waals surface area contributed by atoms with E-state index in [1.54, 1.807) is 6.92 Å². The minimum Gasteiger partial charge on any atom is -0.480 e. The number of hydrogen-bond acceptors (Lipinski definition) is 4. The lowest BCUT2D eigenvalue weighted by atomic mass is 9.98. The maximum absolute atomic E-state index is 12.2. The molecule has 2 amide bonds. The summed E-state index contributed by atoms with van der Waals surface area (Å²) >= 11 is 0. The molecule has 2 atom stereocenters. The molecule has 3 N–H and O–H groups in total. The van der Waals surface area contributed by atoms with Gasteiger partial charge in [0.2, 0.25) is 5.91 Å². The molecule has 2 aromatic rings. The normalized spacial score (nSPS) is 14.3. The van der Waals surface area contributed by atoms with Gasteiger partial charge in [0, 0.05) is 5.92 Å². The van der Waals surface area contributed by atoms with Crippen LogP contribution in [0.2, 0.25) is 0 Å². The lowest BCUT2D eigenvalue weighted by molar-refractivity contribution is -0.142. The fourth-order valence-corrected chi connectivity index (χ4v) is 3.52. The van der Waals surface area contributed by atoms with Gasteiger partial charge in [-0.25, -0.2) is 9.59 Å². The van der Waals surface area contributed by atoms with Gasteiger partial charge in [0.25, 0.3) is 0 Å². The molecule has 7 heteroatoms. The van der Waals surface area contributed by atoms with Gasteiger partial charge in [-0.15, -0.1) is 0 Å². The van der Waals surface area contributed by atoms with E-state index in [9.17, 15) is 14.4 Å². The molecule has 152 valence electrons. The van der Waals surface area contributed by atoms with Crippen LogP contribution in [0.15, 0.2) is 48.5 Å². The average Bonchev–Trinajstić information content (AvgIpc) is 3.03. The summed E-state index contributed by atoms with van der Waals surface area (Å²) in [6, 6.07) is 14.1. The molecule has 0 bridgehead atoms. The van der Waals surface area contributed by atoms with Crippen LogP contribution >= 0.6 is 0 Å². The standard InChI is InChI=1S/C22H24N2O5/c1-3-19(21(26)27)24-20(25)13(2)23-22(28)29-12-18-16-10-6-4-8-14(16)15-9-5-7-11-17(15)18/h4-11,13,18-19H,3,12H2,1-2H3,(H,23,28)(H,24,25)(H,26,27)/t13-,19?/m0/s1. The molecule has 0 saturated carbocycles. The van der Waals surface area contributed by atoms with Crippen molar-refractivity contribution in [2.24, 2.45) is 0 Å². The molecule has 0 saturated heterocycles. The van der Waals surface area contributed by atoms with Gasteiger partial charge in [0.1, 0.15) is 18.7 Å². The predicted octanol–water partition coefficient (Wildman–Crippen LogP) is 2.89. The van der Waals surface area contributed by atoms with E-state index < -0.39 is 30.1 Å². The Labute approximate surface area is 169 Å². The number of carbonyl (C=O) groups excluding carboxylic acids is 2. The predicted molar refractivity (Wildman–Crippen MR) is 108 cm³/mol. The summed E-state index contributed by atoms with van der Waals surface area (Å²) in [5, 5.41) is 13.9. The second-order valence-electron chi connectivity index (χ2n) is 7.00. The zero-order valence-electron chi connectivity index (χ0n) is 16.3. The molecule has 7 nitrogen and oxygen atoms in total. The molecule has 29 heavy (non-hydrogen) atoms. The number of hydrogen-bond donors (Lipinski definition) is 3. The van der Waals surface area contributed by atoms with Gasteiger partial charge in [-0.3, -0.25) is 4.79 Å². The number of rotatable bonds is 7. The minimum absolute atomic E-state index is 0.0752. The van der Waals surface area contributed by atoms with E-state index in [1.807, 2.05) is 48.5 Å². The molecule has 3 rings (SSSR count). The van der Waals surface area contributed by atoms with Crippen molar-refractivity contribution in [3.8, 4) is 11.1 Å². The van der Waals surface area contributed by atoms with Crippen LogP contribution in [0.25, 0.3) is 11.1 Å². The second kappa shape index (κ2) is 8.77. The summed E-state index contributed by atoms with van der Waals surface area (Å²) in [5.74, 6) is -1.77. The highest BCUT2D eigenvalue weighted by Gasteiger charge is 2.29. The van der Waals surface area contributed by atoms with E-state index in [0.717, 1.165) is 22.3 Å². The molecule has 0 fully saturated rings. The van der Waals surface area contributed by atoms with Gasteiger partial charge >= 0.3 is 12.1 Å². The zero-order valence-corrected chi connectivity index (χ0v) is 16.3. The fourth-order valence-electron chi connectivity index (χ4n) is 3.52. The highest BCUT2D eigenvalue weighted by atomic mass is 16.5. The SMILES string of the molecule is CCC(NC(=O)[C@H](C)NC(=O)OCC1c2ccccc2-c2ccccc21)C(=O)O. The highest BCUT2D eigenvalue weighted by molar-refractivity contribution is 5.89. The third-order valence-corrected chi connectivity index (χ3v) is 5.09. The van der Waals surface area contributed by atoms with Crippen molar-refractivity contribution >= 4 is 18.0 Å². The van der Waals surface area contributed by atoms with Gasteiger partial charge in [-0.05, 0) is 35.6 Å². The lowest BCUT2D eigenvalue weighted by Crippen LogP contribution is -2.50. The van der Waals surface area contributed by atoms with E-state index in [-0.39, 0.29) is 18.9 Å². The van der Waals surface area contributed by atoms with Crippen molar-refractivity contribution in [1.29, 1.82) is 0 Å². The Hall–Kier alpha value is -3.35. The van der Waals surface area contributed by atoms with E-state index in [4.69, 9.17) is 9.84 Å². The minimum atomic E-state index is -1.12. The molecular weight excluding hydrogens is 372 g/mol. The number of ether oxygens (including phenoxy) is 1. The highest BCUT2D eigenvalue weighted by Crippen LogP contribution is 2.44.